The van der Waals surface area contributed by atoms with E-state index < -0.39 is 5.60 Å². The van der Waals surface area contributed by atoms with Crippen LogP contribution in [0.15, 0.2) is 24.3 Å². The maximum Gasteiger partial charge on any atom is 0.410 e. The highest BCUT2D eigenvalue weighted by Gasteiger charge is 2.21. The maximum absolute atomic E-state index is 12.1. The first-order chi connectivity index (χ1) is 9.81. The summed E-state index contributed by atoms with van der Waals surface area (Å²) >= 11 is 2.26. The molecule has 0 aliphatic rings. The molecule has 1 aromatic carbocycles. The van der Waals surface area contributed by atoms with E-state index in [0.29, 0.717) is 19.5 Å². The first kappa shape index (κ1) is 17.9. The van der Waals surface area contributed by atoms with E-state index in [0.717, 1.165) is 18.3 Å². The molecule has 0 radical (unpaired) electrons. The number of halogens is 1. The minimum Gasteiger partial charge on any atom is -0.444 e. The lowest BCUT2D eigenvalue weighted by Gasteiger charge is -2.27. The van der Waals surface area contributed by atoms with Gasteiger partial charge >= 0.3 is 6.09 Å². The van der Waals surface area contributed by atoms with E-state index in [1.54, 1.807) is 4.90 Å². The van der Waals surface area contributed by atoms with Crippen LogP contribution >= 0.6 is 22.6 Å². The Labute approximate surface area is 140 Å². The van der Waals surface area contributed by atoms with Crippen molar-refractivity contribution in [3.05, 3.63) is 33.4 Å². The molecule has 116 valence electrons. The summed E-state index contributed by atoms with van der Waals surface area (Å²) in [6, 6.07) is 8.18. The van der Waals surface area contributed by atoms with Gasteiger partial charge in [0.25, 0.3) is 0 Å². The number of carbonyl (C=O) groups is 2. The van der Waals surface area contributed by atoms with Crippen molar-refractivity contribution in [2.24, 2.45) is 0 Å². The molecular weight excluding hydrogens is 381 g/mol. The van der Waals surface area contributed by atoms with Crippen LogP contribution < -0.4 is 0 Å². The van der Waals surface area contributed by atoms with Crippen molar-refractivity contribution in [1.29, 1.82) is 0 Å². The van der Waals surface area contributed by atoms with Crippen LogP contribution in [0.1, 0.15) is 32.8 Å². The number of nitrogens with zero attached hydrogens (tertiary/aromatic N) is 1. The molecule has 0 unspecified atom stereocenters. The molecule has 0 N–H and O–H groups in total. The predicted molar refractivity (Wildman–Crippen MR) is 91.4 cm³/mol. The summed E-state index contributed by atoms with van der Waals surface area (Å²) in [5, 5.41) is 0. The fraction of sp³-hybridized carbons (Fsp3) is 0.500. The van der Waals surface area contributed by atoms with Crippen LogP contribution in [0.2, 0.25) is 0 Å². The second-order valence-electron chi connectivity index (χ2n) is 5.80. The standard InChI is InChI=1S/C16H22INO3/c1-16(2,3)21-15(20)18(10-4-12-19)11-9-13-5-7-14(17)8-6-13/h5-8,12H,4,9-11H2,1-3H3. The first-order valence-electron chi connectivity index (χ1n) is 6.98. The Morgan fingerprint density at radius 1 is 1.24 bits per heavy atom. The number of rotatable bonds is 6. The Morgan fingerprint density at radius 3 is 2.38 bits per heavy atom. The largest absolute Gasteiger partial charge is 0.444 e. The molecule has 5 heteroatoms. The molecular formula is C16H22INO3. The SMILES string of the molecule is CC(C)(C)OC(=O)N(CCC=O)CCc1ccc(I)cc1. The van der Waals surface area contributed by atoms with Gasteiger partial charge in [0.1, 0.15) is 11.9 Å². The Balaban J connectivity index is 2.62. The van der Waals surface area contributed by atoms with Gasteiger partial charge in [-0.2, -0.15) is 0 Å². The van der Waals surface area contributed by atoms with Gasteiger partial charge in [0.2, 0.25) is 0 Å². The van der Waals surface area contributed by atoms with Crippen LogP contribution in [0, 0.1) is 3.57 Å². The molecule has 21 heavy (non-hydrogen) atoms. The fourth-order valence-corrected chi connectivity index (χ4v) is 2.10. The molecule has 0 aromatic heterocycles. The zero-order chi connectivity index (χ0) is 15.9. The third-order valence-corrected chi connectivity index (χ3v) is 3.47. The molecule has 1 aromatic rings. The summed E-state index contributed by atoms with van der Waals surface area (Å²) in [5.74, 6) is 0. The third kappa shape index (κ3) is 7.45. The van der Waals surface area contributed by atoms with Gasteiger partial charge in [-0.15, -0.1) is 0 Å². The van der Waals surface area contributed by atoms with Gasteiger partial charge in [0.15, 0.2) is 0 Å². The minimum atomic E-state index is -0.528. The molecule has 0 heterocycles. The number of benzene rings is 1. The van der Waals surface area contributed by atoms with Gasteiger partial charge in [-0.1, -0.05) is 12.1 Å². The lowest BCUT2D eigenvalue weighted by atomic mass is 10.1. The molecule has 0 spiro atoms. The number of hydrogen-bond acceptors (Lipinski definition) is 3. The van der Waals surface area contributed by atoms with Crippen LogP contribution in [0.3, 0.4) is 0 Å². The van der Waals surface area contributed by atoms with E-state index >= 15 is 0 Å². The van der Waals surface area contributed by atoms with Gasteiger partial charge in [-0.3, -0.25) is 0 Å². The molecule has 1 amide bonds. The summed E-state index contributed by atoms with van der Waals surface area (Å²) < 4.78 is 6.56. The minimum absolute atomic E-state index is 0.325. The maximum atomic E-state index is 12.1. The fourth-order valence-electron chi connectivity index (χ4n) is 1.74. The zero-order valence-corrected chi connectivity index (χ0v) is 14.9. The highest BCUT2D eigenvalue weighted by Crippen LogP contribution is 2.12. The Morgan fingerprint density at radius 2 is 1.86 bits per heavy atom. The Hall–Kier alpha value is -1.11. The van der Waals surface area contributed by atoms with Gasteiger partial charge < -0.3 is 14.4 Å². The van der Waals surface area contributed by atoms with Crippen LogP contribution in [-0.2, 0) is 16.0 Å². The van der Waals surface area contributed by atoms with Gasteiger partial charge in [0.05, 0.1) is 0 Å². The topological polar surface area (TPSA) is 46.6 Å². The lowest BCUT2D eigenvalue weighted by Crippen LogP contribution is -2.38. The molecule has 0 saturated heterocycles. The van der Waals surface area contributed by atoms with Crippen LogP contribution in [-0.4, -0.2) is 36.0 Å². The van der Waals surface area contributed by atoms with E-state index in [1.807, 2.05) is 32.9 Å². The van der Waals surface area contributed by atoms with Crippen molar-refractivity contribution in [2.75, 3.05) is 13.1 Å². The second kappa shape index (κ2) is 8.36. The average molecular weight is 403 g/mol. The Kier molecular flexibility index (Phi) is 7.14. The molecule has 1 rings (SSSR count). The van der Waals surface area contributed by atoms with Gasteiger partial charge in [-0.05, 0) is 67.5 Å². The zero-order valence-electron chi connectivity index (χ0n) is 12.8. The molecule has 0 aliphatic heterocycles. The Bertz CT molecular complexity index is 465. The van der Waals surface area contributed by atoms with Crippen LogP contribution in [0.4, 0.5) is 4.79 Å². The van der Waals surface area contributed by atoms with E-state index in [2.05, 4.69) is 34.7 Å². The van der Waals surface area contributed by atoms with Crippen molar-refractivity contribution in [1.82, 2.24) is 4.90 Å². The van der Waals surface area contributed by atoms with Crippen molar-refractivity contribution in [2.45, 2.75) is 39.2 Å². The summed E-state index contributed by atoms with van der Waals surface area (Å²) in [7, 11) is 0. The summed E-state index contributed by atoms with van der Waals surface area (Å²) in [4.78, 5) is 24.3. The smallest absolute Gasteiger partial charge is 0.410 e. The highest BCUT2D eigenvalue weighted by molar-refractivity contribution is 14.1. The van der Waals surface area contributed by atoms with E-state index in [9.17, 15) is 9.59 Å². The van der Waals surface area contributed by atoms with Crippen molar-refractivity contribution >= 4 is 35.0 Å². The summed E-state index contributed by atoms with van der Waals surface area (Å²) in [6.07, 6.45) is 1.53. The lowest BCUT2D eigenvalue weighted by molar-refractivity contribution is -0.108. The predicted octanol–water partition coefficient (Wildman–Crippen LogP) is 3.66. The number of aldehydes is 1. The van der Waals surface area contributed by atoms with Crippen LogP contribution in [0.5, 0.6) is 0 Å². The molecule has 0 bridgehead atoms. The molecule has 0 saturated carbocycles. The van der Waals surface area contributed by atoms with Crippen molar-refractivity contribution < 1.29 is 14.3 Å². The summed E-state index contributed by atoms with van der Waals surface area (Å²) in [6.45, 7) is 6.44. The van der Waals surface area contributed by atoms with Crippen molar-refractivity contribution in [3.63, 3.8) is 0 Å². The molecule has 0 aliphatic carbocycles. The second-order valence-corrected chi connectivity index (χ2v) is 7.04. The first-order valence-corrected chi connectivity index (χ1v) is 8.06. The summed E-state index contributed by atoms with van der Waals surface area (Å²) in [5.41, 5.74) is 0.634. The third-order valence-electron chi connectivity index (χ3n) is 2.75. The number of carbonyl (C=O) groups excluding carboxylic acids is 2. The van der Waals surface area contributed by atoms with E-state index in [-0.39, 0.29) is 6.09 Å². The molecule has 0 atom stereocenters. The molecule has 4 nitrogen and oxygen atoms in total. The van der Waals surface area contributed by atoms with E-state index in [4.69, 9.17) is 4.74 Å². The quantitative estimate of drug-likeness (QED) is 0.538. The van der Waals surface area contributed by atoms with Gasteiger partial charge in [-0.25, -0.2) is 4.79 Å². The van der Waals surface area contributed by atoms with Crippen LogP contribution in [0.25, 0.3) is 0 Å². The average Bonchev–Trinajstić information content (AvgIpc) is 2.38. The number of ether oxygens (including phenoxy) is 1. The van der Waals surface area contributed by atoms with Gasteiger partial charge in [0, 0.05) is 23.1 Å². The number of amides is 1. The monoisotopic (exact) mass is 403 g/mol. The normalized spacial score (nSPS) is 11.0. The molecule has 0 fully saturated rings. The number of hydrogen-bond donors (Lipinski definition) is 0. The van der Waals surface area contributed by atoms with E-state index in [1.165, 1.54) is 3.57 Å². The van der Waals surface area contributed by atoms with Crippen molar-refractivity contribution in [3.8, 4) is 0 Å². The highest BCUT2D eigenvalue weighted by atomic mass is 127.